The summed E-state index contributed by atoms with van der Waals surface area (Å²) in [5, 5.41) is 19.0. The number of phenolic OH excluding ortho intramolecular Hbond substituents is 2. The van der Waals surface area contributed by atoms with Gasteiger partial charge in [0.1, 0.15) is 11.5 Å². The molecule has 0 bridgehead atoms. The van der Waals surface area contributed by atoms with E-state index < -0.39 is 0 Å². The molecule has 4 N–H and O–H groups in total. The van der Waals surface area contributed by atoms with Crippen LogP contribution in [0, 0.1) is 5.92 Å². The molecule has 0 aliphatic carbocycles. The summed E-state index contributed by atoms with van der Waals surface area (Å²) < 4.78 is 0. The first-order valence-corrected chi connectivity index (χ1v) is 6.47. The zero-order valence-corrected chi connectivity index (χ0v) is 11.5. The van der Waals surface area contributed by atoms with E-state index in [0.717, 1.165) is 6.42 Å². The van der Waals surface area contributed by atoms with Crippen LogP contribution < -0.4 is 5.73 Å². The highest BCUT2D eigenvalue weighted by atomic mass is 16.3. The Labute approximate surface area is 113 Å². The molecule has 0 fully saturated rings. The Morgan fingerprint density at radius 1 is 1.37 bits per heavy atom. The molecule has 1 rings (SSSR count). The van der Waals surface area contributed by atoms with E-state index in [9.17, 15) is 15.0 Å². The first kappa shape index (κ1) is 15.3. The zero-order valence-electron chi connectivity index (χ0n) is 11.5. The predicted molar refractivity (Wildman–Crippen MR) is 74.2 cm³/mol. The van der Waals surface area contributed by atoms with Crippen LogP contribution in [0.2, 0.25) is 0 Å². The van der Waals surface area contributed by atoms with Gasteiger partial charge in [-0.25, -0.2) is 0 Å². The number of nitrogens with two attached hydrogens (primary N) is 1. The SMILES string of the molecule is CC(C)CN(CCCN)C(=O)c1ccc(O)cc1O. The van der Waals surface area contributed by atoms with E-state index >= 15 is 0 Å². The molecule has 0 aromatic heterocycles. The van der Waals surface area contributed by atoms with Gasteiger partial charge in [0.05, 0.1) is 5.56 Å². The van der Waals surface area contributed by atoms with Gasteiger partial charge in [0.15, 0.2) is 0 Å². The maximum atomic E-state index is 12.4. The van der Waals surface area contributed by atoms with Crippen molar-refractivity contribution in [3.63, 3.8) is 0 Å². The van der Waals surface area contributed by atoms with Crippen molar-refractivity contribution in [1.29, 1.82) is 0 Å². The van der Waals surface area contributed by atoms with Crippen LogP contribution >= 0.6 is 0 Å². The molecule has 0 saturated heterocycles. The van der Waals surface area contributed by atoms with Crippen molar-refractivity contribution in [3.05, 3.63) is 23.8 Å². The van der Waals surface area contributed by atoms with Crippen molar-refractivity contribution in [1.82, 2.24) is 4.90 Å². The molecular formula is C14H22N2O3. The van der Waals surface area contributed by atoms with Gasteiger partial charge in [0.2, 0.25) is 0 Å². The number of hydrogen-bond acceptors (Lipinski definition) is 4. The highest BCUT2D eigenvalue weighted by Gasteiger charge is 2.19. The fourth-order valence-corrected chi connectivity index (χ4v) is 1.87. The second-order valence-corrected chi connectivity index (χ2v) is 4.99. The minimum absolute atomic E-state index is 0.0635. The fraction of sp³-hybridized carbons (Fsp3) is 0.500. The van der Waals surface area contributed by atoms with Crippen molar-refractivity contribution < 1.29 is 15.0 Å². The fourth-order valence-electron chi connectivity index (χ4n) is 1.87. The van der Waals surface area contributed by atoms with Crippen LogP contribution in [0.3, 0.4) is 0 Å². The van der Waals surface area contributed by atoms with Crippen LogP contribution in [0.5, 0.6) is 11.5 Å². The Balaban J connectivity index is 2.90. The summed E-state index contributed by atoms with van der Waals surface area (Å²) >= 11 is 0. The van der Waals surface area contributed by atoms with E-state index in [4.69, 9.17) is 5.73 Å². The van der Waals surface area contributed by atoms with E-state index in [-0.39, 0.29) is 23.0 Å². The Morgan fingerprint density at radius 2 is 2.05 bits per heavy atom. The molecule has 1 aromatic rings. The van der Waals surface area contributed by atoms with Crippen LogP contribution in [0.1, 0.15) is 30.6 Å². The molecule has 1 aromatic carbocycles. The molecule has 0 spiro atoms. The minimum atomic E-state index is -0.236. The van der Waals surface area contributed by atoms with E-state index in [0.29, 0.717) is 25.6 Å². The lowest BCUT2D eigenvalue weighted by molar-refractivity contribution is 0.0732. The third-order valence-corrected chi connectivity index (χ3v) is 2.72. The molecule has 0 unspecified atom stereocenters. The number of phenols is 2. The standard InChI is InChI=1S/C14H22N2O3/c1-10(2)9-16(7-3-6-15)14(19)12-5-4-11(17)8-13(12)18/h4-5,8,10,17-18H,3,6-7,9,15H2,1-2H3. The lowest BCUT2D eigenvalue weighted by Crippen LogP contribution is -2.35. The molecule has 0 atom stereocenters. The first-order valence-electron chi connectivity index (χ1n) is 6.47. The van der Waals surface area contributed by atoms with Crippen LogP contribution in [-0.2, 0) is 0 Å². The van der Waals surface area contributed by atoms with E-state index in [1.807, 2.05) is 13.8 Å². The summed E-state index contributed by atoms with van der Waals surface area (Å²) in [6.45, 7) is 5.75. The molecule has 0 aliphatic heterocycles. The van der Waals surface area contributed by atoms with Crippen molar-refractivity contribution in [2.24, 2.45) is 11.7 Å². The quantitative estimate of drug-likeness (QED) is 0.729. The summed E-state index contributed by atoms with van der Waals surface area (Å²) in [6.07, 6.45) is 0.720. The average molecular weight is 266 g/mol. The molecule has 5 heteroatoms. The Morgan fingerprint density at radius 3 is 2.58 bits per heavy atom. The smallest absolute Gasteiger partial charge is 0.257 e. The monoisotopic (exact) mass is 266 g/mol. The van der Waals surface area contributed by atoms with E-state index in [2.05, 4.69) is 0 Å². The molecule has 0 aliphatic rings. The number of benzene rings is 1. The van der Waals surface area contributed by atoms with Crippen LogP contribution in [0.15, 0.2) is 18.2 Å². The largest absolute Gasteiger partial charge is 0.508 e. The predicted octanol–water partition coefficient (Wildman–Crippen LogP) is 1.54. The Kier molecular flexibility index (Phi) is 5.63. The van der Waals surface area contributed by atoms with Gasteiger partial charge in [-0.15, -0.1) is 0 Å². The maximum absolute atomic E-state index is 12.4. The van der Waals surface area contributed by atoms with Crippen molar-refractivity contribution in [3.8, 4) is 11.5 Å². The van der Waals surface area contributed by atoms with Gasteiger partial charge in [0.25, 0.3) is 5.91 Å². The summed E-state index contributed by atoms with van der Waals surface area (Å²) in [6, 6.07) is 4.00. The van der Waals surface area contributed by atoms with Gasteiger partial charge in [-0.1, -0.05) is 13.8 Å². The number of hydrogen-bond donors (Lipinski definition) is 3. The lowest BCUT2D eigenvalue weighted by Gasteiger charge is -2.24. The normalized spacial score (nSPS) is 10.7. The molecule has 1 amide bonds. The highest BCUT2D eigenvalue weighted by Crippen LogP contribution is 2.24. The Bertz CT molecular complexity index is 433. The molecular weight excluding hydrogens is 244 g/mol. The van der Waals surface area contributed by atoms with E-state index in [1.165, 1.54) is 18.2 Å². The molecule has 19 heavy (non-hydrogen) atoms. The molecule has 5 nitrogen and oxygen atoms in total. The number of nitrogens with zero attached hydrogens (tertiary/aromatic N) is 1. The van der Waals surface area contributed by atoms with E-state index in [1.54, 1.807) is 4.90 Å². The first-order chi connectivity index (χ1) is 8.95. The zero-order chi connectivity index (χ0) is 14.4. The van der Waals surface area contributed by atoms with Gasteiger partial charge in [0, 0.05) is 19.2 Å². The van der Waals surface area contributed by atoms with Crippen molar-refractivity contribution in [2.75, 3.05) is 19.6 Å². The number of carbonyl (C=O) groups is 1. The van der Waals surface area contributed by atoms with Crippen LogP contribution in [0.4, 0.5) is 0 Å². The van der Waals surface area contributed by atoms with Gasteiger partial charge in [-0.05, 0) is 31.0 Å². The number of aromatic hydroxyl groups is 2. The van der Waals surface area contributed by atoms with Gasteiger partial charge in [-0.3, -0.25) is 4.79 Å². The summed E-state index contributed by atoms with van der Waals surface area (Å²) in [5.74, 6) is -0.168. The summed E-state index contributed by atoms with van der Waals surface area (Å²) in [4.78, 5) is 14.0. The van der Waals surface area contributed by atoms with Gasteiger partial charge < -0.3 is 20.8 Å². The lowest BCUT2D eigenvalue weighted by atomic mass is 10.1. The van der Waals surface area contributed by atoms with Crippen molar-refractivity contribution in [2.45, 2.75) is 20.3 Å². The third-order valence-electron chi connectivity index (χ3n) is 2.72. The second-order valence-electron chi connectivity index (χ2n) is 4.99. The summed E-state index contributed by atoms with van der Waals surface area (Å²) in [5.41, 5.74) is 5.68. The second kappa shape index (κ2) is 6.99. The number of rotatable bonds is 6. The molecule has 0 saturated carbocycles. The van der Waals surface area contributed by atoms with Crippen LogP contribution in [-0.4, -0.2) is 40.7 Å². The number of amides is 1. The molecule has 0 heterocycles. The Hall–Kier alpha value is -1.75. The van der Waals surface area contributed by atoms with Gasteiger partial charge in [-0.2, -0.15) is 0 Å². The molecule has 106 valence electrons. The summed E-state index contributed by atoms with van der Waals surface area (Å²) in [7, 11) is 0. The number of carbonyl (C=O) groups excluding carboxylic acids is 1. The molecule has 0 radical (unpaired) electrons. The van der Waals surface area contributed by atoms with Crippen molar-refractivity contribution >= 4 is 5.91 Å². The highest BCUT2D eigenvalue weighted by molar-refractivity contribution is 5.97. The average Bonchev–Trinajstić information content (AvgIpc) is 2.33. The minimum Gasteiger partial charge on any atom is -0.508 e. The maximum Gasteiger partial charge on any atom is 0.257 e. The topological polar surface area (TPSA) is 86.8 Å². The third kappa shape index (κ3) is 4.44. The van der Waals surface area contributed by atoms with Gasteiger partial charge >= 0.3 is 0 Å². The van der Waals surface area contributed by atoms with Crippen LogP contribution in [0.25, 0.3) is 0 Å².